The summed E-state index contributed by atoms with van der Waals surface area (Å²) in [5.41, 5.74) is 0.929. The Morgan fingerprint density at radius 1 is 1.35 bits per heavy atom. The number of ether oxygens (including phenoxy) is 1. The van der Waals surface area contributed by atoms with Crippen LogP contribution in [0, 0.1) is 5.82 Å². The molecule has 0 spiro atoms. The van der Waals surface area contributed by atoms with Crippen LogP contribution in [0.1, 0.15) is 25.3 Å². The number of nitrogens with one attached hydrogen (secondary N) is 1. The molecule has 0 aliphatic heterocycles. The fourth-order valence-electron chi connectivity index (χ4n) is 1.40. The van der Waals surface area contributed by atoms with Gasteiger partial charge in [-0.15, -0.1) is 0 Å². The van der Waals surface area contributed by atoms with Gasteiger partial charge in [0.25, 0.3) is 0 Å². The highest BCUT2D eigenvalue weighted by Gasteiger charge is 2.03. The average Bonchev–Trinajstić information content (AvgIpc) is 2.33. The van der Waals surface area contributed by atoms with Crippen LogP contribution in [0.5, 0.6) is 0 Å². The molecule has 0 amide bonds. The van der Waals surface area contributed by atoms with Gasteiger partial charge in [-0.3, -0.25) is 0 Å². The highest BCUT2D eigenvalue weighted by atomic mass is 79.9. The molecule has 17 heavy (non-hydrogen) atoms. The number of benzene rings is 1. The Balaban J connectivity index is 2.16. The molecule has 1 rings (SSSR count). The molecule has 0 aromatic heterocycles. The molecule has 96 valence electrons. The summed E-state index contributed by atoms with van der Waals surface area (Å²) in [5.74, 6) is -0.219. The van der Waals surface area contributed by atoms with Gasteiger partial charge in [-0.1, -0.05) is 25.5 Å². The Kier molecular flexibility index (Phi) is 7.40. The van der Waals surface area contributed by atoms with Crippen molar-refractivity contribution in [2.24, 2.45) is 0 Å². The lowest BCUT2D eigenvalue weighted by atomic mass is 10.2. The van der Waals surface area contributed by atoms with Gasteiger partial charge in [-0.2, -0.15) is 0 Å². The molecule has 0 radical (unpaired) electrons. The van der Waals surface area contributed by atoms with Crippen molar-refractivity contribution in [3.63, 3.8) is 0 Å². The maximum atomic E-state index is 13.2. The molecule has 2 nitrogen and oxygen atoms in total. The minimum atomic E-state index is -0.219. The molecular formula is C13H19BrFNO. The fraction of sp³-hybridized carbons (Fsp3) is 0.538. The van der Waals surface area contributed by atoms with Gasteiger partial charge >= 0.3 is 0 Å². The minimum absolute atomic E-state index is 0.219. The Morgan fingerprint density at radius 3 is 2.94 bits per heavy atom. The molecule has 0 heterocycles. The van der Waals surface area contributed by atoms with E-state index in [2.05, 4.69) is 28.2 Å². The van der Waals surface area contributed by atoms with Gasteiger partial charge in [-0.05, 0) is 34.0 Å². The zero-order valence-corrected chi connectivity index (χ0v) is 11.7. The number of hydrogen-bond donors (Lipinski definition) is 1. The molecule has 0 saturated heterocycles. The molecule has 0 bridgehead atoms. The summed E-state index contributed by atoms with van der Waals surface area (Å²) in [6.45, 7) is 5.10. The van der Waals surface area contributed by atoms with E-state index < -0.39 is 0 Å². The summed E-state index contributed by atoms with van der Waals surface area (Å²) in [6.07, 6.45) is 2.26. The molecule has 1 aromatic rings. The summed E-state index contributed by atoms with van der Waals surface area (Å²) in [4.78, 5) is 0. The zero-order valence-electron chi connectivity index (χ0n) is 10.1. The largest absolute Gasteiger partial charge is 0.380 e. The topological polar surface area (TPSA) is 21.3 Å². The van der Waals surface area contributed by atoms with Crippen molar-refractivity contribution in [1.29, 1.82) is 0 Å². The SMILES string of the molecule is CCCCOCCNCc1cccc(F)c1Br. The lowest BCUT2D eigenvalue weighted by molar-refractivity contribution is 0.133. The van der Waals surface area contributed by atoms with Crippen molar-refractivity contribution >= 4 is 15.9 Å². The van der Waals surface area contributed by atoms with E-state index in [0.29, 0.717) is 17.6 Å². The minimum Gasteiger partial charge on any atom is -0.380 e. The van der Waals surface area contributed by atoms with E-state index in [1.54, 1.807) is 6.07 Å². The molecule has 1 aromatic carbocycles. The molecule has 0 saturated carbocycles. The van der Waals surface area contributed by atoms with Gasteiger partial charge in [0.1, 0.15) is 5.82 Å². The second-order valence-corrected chi connectivity index (χ2v) is 4.65. The van der Waals surface area contributed by atoms with Crippen molar-refractivity contribution in [1.82, 2.24) is 5.32 Å². The van der Waals surface area contributed by atoms with E-state index in [9.17, 15) is 4.39 Å². The number of rotatable bonds is 8. The van der Waals surface area contributed by atoms with Crippen LogP contribution in [0.15, 0.2) is 22.7 Å². The van der Waals surface area contributed by atoms with Crippen LogP contribution in [0.2, 0.25) is 0 Å². The van der Waals surface area contributed by atoms with Crippen LogP contribution in [0.3, 0.4) is 0 Å². The molecule has 4 heteroatoms. The normalized spacial score (nSPS) is 10.8. The Labute approximate surface area is 111 Å². The average molecular weight is 304 g/mol. The molecule has 0 fully saturated rings. The van der Waals surface area contributed by atoms with Gasteiger partial charge in [0.2, 0.25) is 0 Å². The zero-order chi connectivity index (χ0) is 12.5. The van der Waals surface area contributed by atoms with Crippen LogP contribution in [-0.4, -0.2) is 19.8 Å². The first-order valence-electron chi connectivity index (χ1n) is 5.97. The second-order valence-electron chi connectivity index (χ2n) is 3.86. The summed E-state index contributed by atoms with van der Waals surface area (Å²) in [6, 6.07) is 5.06. The summed E-state index contributed by atoms with van der Waals surface area (Å²) in [5, 5.41) is 3.22. The van der Waals surface area contributed by atoms with E-state index in [-0.39, 0.29) is 5.82 Å². The highest BCUT2D eigenvalue weighted by Crippen LogP contribution is 2.19. The predicted molar refractivity (Wildman–Crippen MR) is 71.5 cm³/mol. The fourth-order valence-corrected chi connectivity index (χ4v) is 1.81. The van der Waals surface area contributed by atoms with Crippen molar-refractivity contribution in [3.05, 3.63) is 34.1 Å². The van der Waals surface area contributed by atoms with Crippen molar-refractivity contribution in [3.8, 4) is 0 Å². The maximum Gasteiger partial charge on any atom is 0.137 e. The molecule has 0 aliphatic rings. The third-order valence-corrected chi connectivity index (χ3v) is 3.30. The first-order valence-corrected chi connectivity index (χ1v) is 6.76. The smallest absolute Gasteiger partial charge is 0.137 e. The third kappa shape index (κ3) is 5.61. The standard InChI is InChI=1S/C13H19BrFNO/c1-2-3-8-17-9-7-16-10-11-5-4-6-12(15)13(11)14/h4-6,16H,2-3,7-10H2,1H3. The van der Waals surface area contributed by atoms with Crippen LogP contribution in [-0.2, 0) is 11.3 Å². The summed E-state index contributed by atoms with van der Waals surface area (Å²) < 4.78 is 19.2. The van der Waals surface area contributed by atoms with Crippen molar-refractivity contribution < 1.29 is 9.13 Å². The number of hydrogen-bond acceptors (Lipinski definition) is 2. The Hall–Kier alpha value is -0.450. The van der Waals surface area contributed by atoms with Crippen LogP contribution in [0.25, 0.3) is 0 Å². The quantitative estimate of drug-likeness (QED) is 0.742. The third-order valence-electron chi connectivity index (χ3n) is 2.41. The van der Waals surface area contributed by atoms with Crippen LogP contribution < -0.4 is 5.32 Å². The number of halogens is 2. The molecule has 1 N–H and O–H groups in total. The first-order chi connectivity index (χ1) is 8.25. The van der Waals surface area contributed by atoms with E-state index in [1.165, 1.54) is 6.07 Å². The predicted octanol–water partition coefficient (Wildman–Crippen LogP) is 3.49. The van der Waals surface area contributed by atoms with E-state index in [1.807, 2.05) is 6.07 Å². The van der Waals surface area contributed by atoms with Crippen LogP contribution in [0.4, 0.5) is 4.39 Å². The van der Waals surface area contributed by atoms with Crippen LogP contribution >= 0.6 is 15.9 Å². The highest BCUT2D eigenvalue weighted by molar-refractivity contribution is 9.10. The Morgan fingerprint density at radius 2 is 2.18 bits per heavy atom. The summed E-state index contributed by atoms with van der Waals surface area (Å²) >= 11 is 3.24. The monoisotopic (exact) mass is 303 g/mol. The van der Waals surface area contributed by atoms with Gasteiger partial charge in [0, 0.05) is 19.7 Å². The second kappa shape index (κ2) is 8.61. The molecule has 0 aliphatic carbocycles. The van der Waals surface area contributed by atoms with Gasteiger partial charge in [0.05, 0.1) is 11.1 Å². The molecular weight excluding hydrogens is 285 g/mol. The van der Waals surface area contributed by atoms with Crippen molar-refractivity contribution in [2.45, 2.75) is 26.3 Å². The van der Waals surface area contributed by atoms with Gasteiger partial charge in [-0.25, -0.2) is 4.39 Å². The van der Waals surface area contributed by atoms with E-state index >= 15 is 0 Å². The first kappa shape index (κ1) is 14.6. The lowest BCUT2D eigenvalue weighted by Gasteiger charge is -2.08. The lowest BCUT2D eigenvalue weighted by Crippen LogP contribution is -2.19. The van der Waals surface area contributed by atoms with Crippen molar-refractivity contribution in [2.75, 3.05) is 19.8 Å². The Bertz CT molecular complexity index is 333. The maximum absolute atomic E-state index is 13.2. The summed E-state index contributed by atoms with van der Waals surface area (Å²) in [7, 11) is 0. The van der Waals surface area contributed by atoms with E-state index in [4.69, 9.17) is 4.74 Å². The molecule has 0 atom stereocenters. The molecule has 0 unspecified atom stereocenters. The van der Waals surface area contributed by atoms with Gasteiger partial charge < -0.3 is 10.1 Å². The van der Waals surface area contributed by atoms with Gasteiger partial charge in [0.15, 0.2) is 0 Å². The number of unbranched alkanes of at least 4 members (excludes halogenated alkanes) is 1. The van der Waals surface area contributed by atoms with E-state index in [0.717, 1.165) is 31.6 Å².